The van der Waals surface area contributed by atoms with Crippen molar-refractivity contribution in [3.63, 3.8) is 0 Å². The smallest absolute Gasteiger partial charge is 0.161 e. The van der Waals surface area contributed by atoms with Crippen molar-refractivity contribution < 1.29 is 0 Å². The van der Waals surface area contributed by atoms with Crippen LogP contribution in [0.25, 0.3) is 66.5 Å². The van der Waals surface area contributed by atoms with Crippen LogP contribution in [0.5, 0.6) is 0 Å². The van der Waals surface area contributed by atoms with Gasteiger partial charge in [-0.3, -0.25) is 4.98 Å². The summed E-state index contributed by atoms with van der Waals surface area (Å²) in [5, 5.41) is 2.10. The summed E-state index contributed by atoms with van der Waals surface area (Å²) in [6, 6.07) is 84.1. The molecule has 8 heteroatoms. The highest BCUT2D eigenvalue weighted by Gasteiger charge is 2.38. The molecule has 0 saturated heterocycles. The summed E-state index contributed by atoms with van der Waals surface area (Å²) >= 11 is 0. The summed E-state index contributed by atoms with van der Waals surface area (Å²) in [6.07, 6.45) is 5.11. The number of nitrogens with zero attached hydrogens (tertiary/aromatic N) is 8. The molecule has 0 spiro atoms. The molecule has 0 bridgehead atoms. The van der Waals surface area contributed by atoms with Gasteiger partial charge in [-0.1, -0.05) is 164 Å². The van der Waals surface area contributed by atoms with Crippen molar-refractivity contribution in [3.8, 4) is 22.4 Å². The van der Waals surface area contributed by atoms with E-state index in [1.807, 2.05) is 18.5 Å². The highest BCUT2D eigenvalue weighted by molar-refractivity contribution is 6.17. The molecule has 1 atom stereocenters. The molecule has 5 heterocycles. The molecule has 0 radical (unpaired) electrons. The zero-order valence-electron chi connectivity index (χ0n) is 39.0. The molecular formula is C64H44N8. The van der Waals surface area contributed by atoms with Crippen LogP contribution in [0.1, 0.15) is 23.2 Å². The normalized spacial score (nSPS) is 13.0. The van der Waals surface area contributed by atoms with Gasteiger partial charge in [0.15, 0.2) is 11.3 Å². The molecule has 13 aromatic rings. The molecule has 340 valence electrons. The van der Waals surface area contributed by atoms with E-state index in [0.29, 0.717) is 0 Å². The van der Waals surface area contributed by atoms with Gasteiger partial charge in [0.05, 0.1) is 22.9 Å². The molecular weight excluding hydrogens is 881 g/mol. The van der Waals surface area contributed by atoms with Crippen LogP contribution in [-0.2, 0) is 0 Å². The molecule has 0 N–H and O–H groups in total. The number of fused-ring (bicyclic) bond motifs is 7. The van der Waals surface area contributed by atoms with Crippen molar-refractivity contribution in [1.29, 1.82) is 0 Å². The van der Waals surface area contributed by atoms with E-state index in [-0.39, 0.29) is 5.92 Å². The lowest BCUT2D eigenvalue weighted by atomic mass is 9.87. The first-order chi connectivity index (χ1) is 35.8. The first kappa shape index (κ1) is 41.3. The van der Waals surface area contributed by atoms with E-state index in [1.165, 1.54) is 0 Å². The van der Waals surface area contributed by atoms with Gasteiger partial charge in [-0.25, -0.2) is 15.0 Å². The van der Waals surface area contributed by atoms with Crippen LogP contribution in [0.2, 0.25) is 0 Å². The minimum absolute atomic E-state index is 0.300. The fourth-order valence-electron chi connectivity index (χ4n) is 11.1. The van der Waals surface area contributed by atoms with Crippen molar-refractivity contribution in [2.24, 2.45) is 0 Å². The van der Waals surface area contributed by atoms with Gasteiger partial charge in [-0.2, -0.15) is 0 Å². The predicted molar refractivity (Wildman–Crippen MR) is 293 cm³/mol. The number of hydrogen-bond donors (Lipinski definition) is 0. The molecule has 0 saturated carbocycles. The van der Waals surface area contributed by atoms with Gasteiger partial charge in [-0.05, 0) is 83.9 Å². The van der Waals surface area contributed by atoms with Crippen LogP contribution >= 0.6 is 0 Å². The maximum Gasteiger partial charge on any atom is 0.161 e. The molecule has 0 amide bonds. The van der Waals surface area contributed by atoms with Gasteiger partial charge < -0.3 is 18.9 Å². The predicted octanol–water partition coefficient (Wildman–Crippen LogP) is 15.9. The third-order valence-electron chi connectivity index (χ3n) is 14.2. The Morgan fingerprint density at radius 3 is 1.24 bits per heavy atom. The fraction of sp³-hybridized carbons (Fsp3) is 0.0312. The maximum atomic E-state index is 5.48. The van der Waals surface area contributed by atoms with E-state index >= 15 is 0 Å². The first-order valence-corrected chi connectivity index (χ1v) is 24.4. The van der Waals surface area contributed by atoms with E-state index in [1.54, 1.807) is 6.20 Å². The molecule has 1 aliphatic heterocycles. The Morgan fingerprint density at radius 1 is 0.361 bits per heavy atom. The third-order valence-corrected chi connectivity index (χ3v) is 14.2. The van der Waals surface area contributed by atoms with E-state index in [9.17, 15) is 0 Å². The average Bonchev–Trinajstić information content (AvgIpc) is 3.93. The summed E-state index contributed by atoms with van der Waals surface area (Å²) in [5.41, 5.74) is 18.2. The largest absolute Gasteiger partial charge is 0.311 e. The fourth-order valence-corrected chi connectivity index (χ4v) is 11.1. The SMILES string of the molecule is c1ccc(-c2cnc3c(n2)c2cccc4c2n3C(C(c2ccc(N(c3ccccc3)c3ccccc3)cc2)c2ccc(N(c3ccccc3)c3ccccc3)cc2)n2c3nccnc3c3cccc-4c32)cc1. The monoisotopic (exact) mass is 924 g/mol. The van der Waals surface area contributed by atoms with Crippen molar-refractivity contribution >= 4 is 78.3 Å². The molecule has 0 aliphatic carbocycles. The van der Waals surface area contributed by atoms with Crippen LogP contribution in [0.15, 0.2) is 255 Å². The highest BCUT2D eigenvalue weighted by atomic mass is 15.3. The molecule has 14 rings (SSSR count). The summed E-state index contributed by atoms with van der Waals surface area (Å²) in [5.74, 6) is -0.300. The van der Waals surface area contributed by atoms with Crippen LogP contribution in [0.4, 0.5) is 34.1 Å². The first-order valence-electron chi connectivity index (χ1n) is 24.4. The quantitative estimate of drug-likeness (QED) is 0.136. The molecule has 72 heavy (non-hydrogen) atoms. The minimum atomic E-state index is -0.446. The average molecular weight is 925 g/mol. The van der Waals surface area contributed by atoms with E-state index < -0.39 is 6.17 Å². The number of rotatable bonds is 10. The molecule has 4 aromatic heterocycles. The Labute approximate surface area is 416 Å². The number of anilines is 6. The van der Waals surface area contributed by atoms with Crippen molar-refractivity contribution in [3.05, 3.63) is 266 Å². The zero-order valence-corrected chi connectivity index (χ0v) is 39.0. The number of aromatic nitrogens is 6. The summed E-state index contributed by atoms with van der Waals surface area (Å²) < 4.78 is 4.91. The molecule has 0 fully saturated rings. The second-order valence-electron chi connectivity index (χ2n) is 18.3. The summed E-state index contributed by atoms with van der Waals surface area (Å²) in [7, 11) is 0. The Balaban J connectivity index is 1.05. The molecule has 9 aromatic carbocycles. The van der Waals surface area contributed by atoms with Crippen LogP contribution < -0.4 is 9.80 Å². The van der Waals surface area contributed by atoms with Crippen molar-refractivity contribution in [2.45, 2.75) is 12.1 Å². The van der Waals surface area contributed by atoms with E-state index in [4.69, 9.17) is 19.9 Å². The Hall–Kier alpha value is -9.66. The third kappa shape index (κ3) is 6.68. The van der Waals surface area contributed by atoms with Gasteiger partial charge in [0.1, 0.15) is 17.2 Å². The van der Waals surface area contributed by atoms with Gasteiger partial charge in [0, 0.05) is 79.9 Å². The lowest BCUT2D eigenvalue weighted by Crippen LogP contribution is -2.26. The second kappa shape index (κ2) is 17.1. The van der Waals surface area contributed by atoms with Gasteiger partial charge >= 0.3 is 0 Å². The number of para-hydroxylation sites is 6. The Kier molecular flexibility index (Phi) is 9.80. The van der Waals surface area contributed by atoms with E-state index in [0.717, 1.165) is 112 Å². The lowest BCUT2D eigenvalue weighted by molar-refractivity contribution is 0.425. The molecule has 8 nitrogen and oxygen atoms in total. The number of benzene rings is 9. The Morgan fingerprint density at radius 2 is 0.764 bits per heavy atom. The second-order valence-corrected chi connectivity index (χ2v) is 18.3. The minimum Gasteiger partial charge on any atom is -0.311 e. The summed E-state index contributed by atoms with van der Waals surface area (Å²) in [4.78, 5) is 25.8. The Bertz CT molecular complexity index is 3880. The molecule has 1 unspecified atom stereocenters. The topological polar surface area (TPSA) is 67.9 Å². The van der Waals surface area contributed by atoms with Crippen molar-refractivity contribution in [2.75, 3.05) is 9.80 Å². The van der Waals surface area contributed by atoms with Gasteiger partial charge in [0.25, 0.3) is 0 Å². The summed E-state index contributed by atoms with van der Waals surface area (Å²) in [6.45, 7) is 0. The number of hydrogen-bond acceptors (Lipinski definition) is 6. The maximum absolute atomic E-state index is 5.48. The van der Waals surface area contributed by atoms with Crippen molar-refractivity contribution in [1.82, 2.24) is 29.1 Å². The van der Waals surface area contributed by atoms with Crippen LogP contribution in [0.3, 0.4) is 0 Å². The highest BCUT2D eigenvalue weighted by Crippen LogP contribution is 2.51. The molecule has 1 aliphatic rings. The lowest BCUT2D eigenvalue weighted by Gasteiger charge is -2.33. The van der Waals surface area contributed by atoms with E-state index in [2.05, 4.69) is 249 Å². The van der Waals surface area contributed by atoms with Gasteiger partial charge in [-0.15, -0.1) is 0 Å². The van der Waals surface area contributed by atoms with Gasteiger partial charge in [0.2, 0.25) is 0 Å². The standard InChI is InChI=1S/C64H44N8/c1-6-18-43(19-7-1)56-42-67-63-59(68-56)55-31-17-29-53-52-28-16-30-54-58-62(66-41-40-65-58)71(60(52)54)64(72(63)61(53)55)57(44-32-36-50(37-33-44)69(46-20-8-2-9-21-46)47-22-10-3-11-23-47)45-34-38-51(39-35-45)70(48-24-12-4-13-25-48)49-26-14-5-15-27-49/h1-42,57,64H. The van der Waals surface area contributed by atoms with Crippen LogP contribution in [-0.4, -0.2) is 29.1 Å². The zero-order chi connectivity index (χ0) is 47.5. The van der Waals surface area contributed by atoms with Crippen LogP contribution in [0, 0.1) is 0 Å².